The second kappa shape index (κ2) is 8.63. The van der Waals surface area contributed by atoms with Crippen LogP contribution in [0, 0.1) is 0 Å². The number of benzene rings is 1. The van der Waals surface area contributed by atoms with Crippen LogP contribution in [-0.4, -0.2) is 46.7 Å². The summed E-state index contributed by atoms with van der Waals surface area (Å²) in [5, 5.41) is 1.12. The van der Waals surface area contributed by atoms with Crippen molar-refractivity contribution >= 4 is 18.3 Å². The Kier molecular flexibility index (Phi) is 6.14. The summed E-state index contributed by atoms with van der Waals surface area (Å²) in [5.41, 5.74) is -0.978. The maximum absolute atomic E-state index is 13.1. The third-order valence-corrected chi connectivity index (χ3v) is 4.54. The molecule has 9 nitrogen and oxygen atoms in total. The topological polar surface area (TPSA) is 98.2 Å². The Morgan fingerprint density at radius 2 is 1.84 bits per heavy atom. The molecular formula is C22H25N3O6. The van der Waals surface area contributed by atoms with Gasteiger partial charge in [-0.05, 0) is 33.3 Å². The van der Waals surface area contributed by atoms with E-state index in [1.807, 2.05) is 30.3 Å². The molecule has 0 bridgehead atoms. The van der Waals surface area contributed by atoms with Gasteiger partial charge in [0.1, 0.15) is 24.6 Å². The predicted octanol–water partition coefficient (Wildman–Crippen LogP) is 2.55. The van der Waals surface area contributed by atoms with Gasteiger partial charge in [0.2, 0.25) is 5.43 Å². The van der Waals surface area contributed by atoms with Crippen molar-refractivity contribution in [3.63, 3.8) is 0 Å². The lowest BCUT2D eigenvalue weighted by atomic mass is 10.2. The molecule has 0 saturated heterocycles. The fourth-order valence-electron chi connectivity index (χ4n) is 3.14. The third kappa shape index (κ3) is 4.60. The summed E-state index contributed by atoms with van der Waals surface area (Å²) in [5.74, 6) is -0.752. The first-order chi connectivity index (χ1) is 14.7. The zero-order chi connectivity index (χ0) is 22.8. The number of aldehydes is 1. The molecule has 0 fully saturated rings. The van der Waals surface area contributed by atoms with E-state index in [0.717, 1.165) is 21.3 Å². The van der Waals surface area contributed by atoms with Gasteiger partial charge in [-0.1, -0.05) is 30.3 Å². The molecule has 1 aromatic carbocycles. The van der Waals surface area contributed by atoms with Crippen molar-refractivity contribution in [2.75, 3.05) is 18.2 Å². The van der Waals surface area contributed by atoms with Crippen molar-refractivity contribution in [2.24, 2.45) is 0 Å². The molecule has 0 saturated carbocycles. The number of amides is 2. The van der Waals surface area contributed by atoms with Crippen molar-refractivity contribution in [1.82, 2.24) is 9.58 Å². The number of nitrogens with zero attached hydrogens (tertiary/aromatic N) is 3. The summed E-state index contributed by atoms with van der Waals surface area (Å²) in [6, 6.07) is 10.2. The van der Waals surface area contributed by atoms with Crippen LogP contribution in [0.1, 0.15) is 54.2 Å². The lowest BCUT2D eigenvalue weighted by Gasteiger charge is -2.39. The molecule has 0 N–H and O–H groups in total. The number of ether oxygens (including phenoxy) is 2. The number of rotatable bonds is 5. The first-order valence-corrected chi connectivity index (χ1v) is 9.88. The zero-order valence-corrected chi connectivity index (χ0v) is 18.0. The van der Waals surface area contributed by atoms with E-state index in [2.05, 4.69) is 0 Å². The molecule has 2 amide bonds. The van der Waals surface area contributed by atoms with Gasteiger partial charge < -0.3 is 14.4 Å². The summed E-state index contributed by atoms with van der Waals surface area (Å²) in [7, 11) is 0. The quantitative estimate of drug-likeness (QED) is 0.680. The smallest absolute Gasteiger partial charge is 0.431 e. The Hall–Kier alpha value is -3.62. The van der Waals surface area contributed by atoms with Crippen molar-refractivity contribution in [2.45, 2.75) is 39.9 Å². The second-order valence-corrected chi connectivity index (χ2v) is 8.00. The van der Waals surface area contributed by atoms with Crippen LogP contribution in [0.3, 0.4) is 0 Å². The fourth-order valence-corrected chi connectivity index (χ4v) is 3.14. The van der Waals surface area contributed by atoms with E-state index in [9.17, 15) is 19.2 Å². The minimum atomic E-state index is -0.803. The summed E-state index contributed by atoms with van der Waals surface area (Å²) in [6.07, 6.45) is -0.349. The Bertz CT molecular complexity index is 1060. The van der Waals surface area contributed by atoms with Crippen LogP contribution in [0.5, 0.6) is 5.75 Å². The molecule has 0 atom stereocenters. The summed E-state index contributed by atoms with van der Waals surface area (Å²) < 4.78 is 12.3. The molecular weight excluding hydrogens is 402 g/mol. The van der Waals surface area contributed by atoms with Gasteiger partial charge >= 0.3 is 6.09 Å². The largest absolute Gasteiger partial charge is 0.482 e. The van der Waals surface area contributed by atoms with Gasteiger partial charge in [0.25, 0.3) is 5.91 Å². The normalized spacial score (nSPS) is 13.6. The van der Waals surface area contributed by atoms with Gasteiger partial charge in [0, 0.05) is 12.6 Å². The SMILES string of the molecule is CCN1CN(C(=O)OC(C)(C)C)n2c(C=O)cc(=O)c(OCc3ccccc3)c2C1=O. The first-order valence-electron chi connectivity index (χ1n) is 9.88. The molecule has 164 valence electrons. The van der Waals surface area contributed by atoms with Gasteiger partial charge in [-0.15, -0.1) is 0 Å². The Morgan fingerprint density at radius 1 is 1.16 bits per heavy atom. The highest BCUT2D eigenvalue weighted by Crippen LogP contribution is 2.25. The first kappa shape index (κ1) is 22.1. The molecule has 2 heterocycles. The van der Waals surface area contributed by atoms with E-state index >= 15 is 0 Å². The average Bonchev–Trinajstić information content (AvgIpc) is 2.72. The molecule has 1 aromatic heterocycles. The second-order valence-electron chi connectivity index (χ2n) is 8.00. The highest BCUT2D eigenvalue weighted by Gasteiger charge is 2.38. The van der Waals surface area contributed by atoms with Crippen LogP contribution < -0.4 is 15.2 Å². The van der Waals surface area contributed by atoms with Gasteiger partial charge in [0.05, 0.1) is 0 Å². The molecule has 0 aliphatic carbocycles. The molecule has 9 heteroatoms. The number of hydrogen-bond donors (Lipinski definition) is 0. The number of carbonyl (C=O) groups excluding carboxylic acids is 3. The molecule has 31 heavy (non-hydrogen) atoms. The Balaban J connectivity index is 2.14. The van der Waals surface area contributed by atoms with Crippen LogP contribution in [0.2, 0.25) is 0 Å². The maximum atomic E-state index is 13.1. The number of hydrogen-bond acceptors (Lipinski definition) is 6. The minimum Gasteiger partial charge on any atom is -0.482 e. The summed E-state index contributed by atoms with van der Waals surface area (Å²) in [6.45, 7) is 7.04. The molecule has 0 radical (unpaired) electrons. The molecule has 2 aromatic rings. The Morgan fingerprint density at radius 3 is 2.42 bits per heavy atom. The van der Waals surface area contributed by atoms with Crippen LogP contribution in [0.4, 0.5) is 4.79 Å². The molecule has 0 spiro atoms. The van der Waals surface area contributed by atoms with E-state index in [1.165, 1.54) is 4.90 Å². The van der Waals surface area contributed by atoms with E-state index in [-0.39, 0.29) is 37.0 Å². The van der Waals surface area contributed by atoms with E-state index in [0.29, 0.717) is 6.29 Å². The molecule has 1 aliphatic rings. The van der Waals surface area contributed by atoms with Crippen LogP contribution in [0.15, 0.2) is 41.2 Å². The third-order valence-electron chi connectivity index (χ3n) is 4.54. The Labute approximate surface area is 179 Å². The van der Waals surface area contributed by atoms with Gasteiger partial charge in [-0.3, -0.25) is 14.4 Å². The van der Waals surface area contributed by atoms with Crippen LogP contribution in [0.25, 0.3) is 0 Å². The lowest BCUT2D eigenvalue weighted by Crippen LogP contribution is -2.58. The molecule has 3 rings (SSSR count). The van der Waals surface area contributed by atoms with E-state index < -0.39 is 23.0 Å². The number of carbonyl (C=O) groups is 3. The summed E-state index contributed by atoms with van der Waals surface area (Å²) in [4.78, 5) is 51.9. The fraction of sp³-hybridized carbons (Fsp3) is 0.364. The standard InChI is InChI=1S/C22H25N3O6/c1-5-23-14-24(21(29)31-22(2,3)4)25-16(12-26)11-17(27)19(18(25)20(23)28)30-13-15-9-7-6-8-10-15/h6-12H,5,13-14H2,1-4H3. The van der Waals surface area contributed by atoms with Crippen molar-refractivity contribution in [3.8, 4) is 5.75 Å². The van der Waals surface area contributed by atoms with Crippen molar-refractivity contribution in [1.29, 1.82) is 0 Å². The van der Waals surface area contributed by atoms with Gasteiger partial charge in [0.15, 0.2) is 17.7 Å². The number of fused-ring (bicyclic) bond motifs is 1. The lowest BCUT2D eigenvalue weighted by molar-refractivity contribution is 0.0453. The maximum Gasteiger partial charge on any atom is 0.431 e. The van der Waals surface area contributed by atoms with Gasteiger partial charge in [-0.2, -0.15) is 5.01 Å². The van der Waals surface area contributed by atoms with Gasteiger partial charge in [-0.25, -0.2) is 9.47 Å². The predicted molar refractivity (Wildman–Crippen MR) is 113 cm³/mol. The van der Waals surface area contributed by atoms with Crippen molar-refractivity contribution < 1.29 is 23.9 Å². The summed E-state index contributed by atoms with van der Waals surface area (Å²) >= 11 is 0. The van der Waals surface area contributed by atoms with E-state index in [1.54, 1.807) is 27.7 Å². The van der Waals surface area contributed by atoms with E-state index in [4.69, 9.17) is 9.47 Å². The average molecular weight is 427 g/mol. The highest BCUT2D eigenvalue weighted by molar-refractivity contribution is 5.99. The van der Waals surface area contributed by atoms with Crippen molar-refractivity contribution in [3.05, 3.63) is 63.6 Å². The number of aromatic nitrogens is 1. The molecule has 1 aliphatic heterocycles. The minimum absolute atomic E-state index is 0.0371. The highest BCUT2D eigenvalue weighted by atomic mass is 16.6. The van der Waals surface area contributed by atoms with Crippen LogP contribution in [-0.2, 0) is 11.3 Å². The zero-order valence-electron chi connectivity index (χ0n) is 18.0. The number of pyridine rings is 1. The monoisotopic (exact) mass is 427 g/mol. The van der Waals surface area contributed by atoms with Crippen LogP contribution >= 0.6 is 0 Å². The molecule has 0 unspecified atom stereocenters.